The number of ether oxygens (including phenoxy) is 2. The fourth-order valence-electron chi connectivity index (χ4n) is 4.97. The number of ketones is 1. The van der Waals surface area contributed by atoms with Crippen molar-refractivity contribution in [3.63, 3.8) is 0 Å². The molecule has 0 bridgehead atoms. The Morgan fingerprint density at radius 1 is 1.19 bits per heavy atom. The number of amides is 1. The molecule has 3 aliphatic rings. The summed E-state index contributed by atoms with van der Waals surface area (Å²) in [6.07, 6.45) is 1.14. The minimum atomic E-state index is -0.746. The maximum atomic E-state index is 15.0. The van der Waals surface area contributed by atoms with E-state index in [4.69, 9.17) is 21.1 Å². The molecule has 1 atom stereocenters. The molecule has 1 spiro atoms. The highest BCUT2D eigenvalue weighted by molar-refractivity contribution is 6.30. The van der Waals surface area contributed by atoms with Crippen molar-refractivity contribution >= 4 is 29.3 Å². The Bertz CT molecular complexity index is 1160. The van der Waals surface area contributed by atoms with Crippen LogP contribution in [0.2, 0.25) is 5.02 Å². The van der Waals surface area contributed by atoms with E-state index >= 15 is 0 Å². The third kappa shape index (κ3) is 3.35. The van der Waals surface area contributed by atoms with Crippen LogP contribution in [0.5, 0.6) is 11.5 Å². The summed E-state index contributed by atoms with van der Waals surface area (Å²) in [5.74, 6) is -1.28. The molecule has 32 heavy (non-hydrogen) atoms. The van der Waals surface area contributed by atoms with Gasteiger partial charge in [0.2, 0.25) is 5.91 Å². The highest BCUT2D eigenvalue weighted by Gasteiger charge is 2.46. The van der Waals surface area contributed by atoms with Gasteiger partial charge in [-0.1, -0.05) is 23.7 Å². The second-order valence-corrected chi connectivity index (χ2v) is 9.03. The molecule has 0 aromatic heterocycles. The van der Waals surface area contributed by atoms with Crippen LogP contribution >= 0.6 is 11.6 Å². The number of hydrogen-bond acceptors (Lipinski definition) is 5. The Morgan fingerprint density at radius 3 is 2.66 bits per heavy atom. The largest absolute Gasteiger partial charge is 0.485 e. The molecule has 8 heteroatoms. The van der Waals surface area contributed by atoms with Crippen LogP contribution in [-0.2, 0) is 9.59 Å². The monoisotopic (exact) mass is 457 g/mol. The van der Waals surface area contributed by atoms with E-state index in [1.54, 1.807) is 29.2 Å². The summed E-state index contributed by atoms with van der Waals surface area (Å²) >= 11 is 6.01. The lowest BCUT2D eigenvalue weighted by Crippen LogP contribution is -2.52. The van der Waals surface area contributed by atoms with Crippen LogP contribution in [0.15, 0.2) is 30.3 Å². The molecule has 1 amide bonds. The van der Waals surface area contributed by atoms with Crippen LogP contribution in [0.1, 0.15) is 60.0 Å². The van der Waals surface area contributed by atoms with Gasteiger partial charge in [0.05, 0.1) is 23.4 Å². The van der Waals surface area contributed by atoms with Crippen LogP contribution in [-0.4, -0.2) is 41.3 Å². The van der Waals surface area contributed by atoms with E-state index in [9.17, 15) is 18.8 Å². The first-order chi connectivity index (χ1) is 15.3. The predicted molar refractivity (Wildman–Crippen MR) is 114 cm³/mol. The van der Waals surface area contributed by atoms with Gasteiger partial charge in [-0.3, -0.25) is 14.4 Å². The van der Waals surface area contributed by atoms with Gasteiger partial charge in [-0.15, -0.1) is 0 Å². The molecular formula is C24H21ClFNO5. The molecule has 0 radical (unpaired) electrons. The van der Waals surface area contributed by atoms with Crippen molar-refractivity contribution in [1.82, 2.24) is 4.90 Å². The highest BCUT2D eigenvalue weighted by atomic mass is 35.5. The van der Waals surface area contributed by atoms with Gasteiger partial charge in [-0.2, -0.15) is 0 Å². The number of Topliss-reactive ketones (excluding diaryl/α,β-unsaturated/α-hetero) is 1. The van der Waals surface area contributed by atoms with Gasteiger partial charge in [0.15, 0.2) is 5.78 Å². The minimum Gasteiger partial charge on any atom is -0.485 e. The number of carbonyl (C=O) groups excluding carboxylic acids is 3. The zero-order valence-corrected chi connectivity index (χ0v) is 18.2. The lowest BCUT2D eigenvalue weighted by Gasteiger charge is -2.45. The topological polar surface area (TPSA) is 72.9 Å². The van der Waals surface area contributed by atoms with Crippen molar-refractivity contribution in [2.24, 2.45) is 0 Å². The number of rotatable bonds is 1. The molecule has 166 valence electrons. The van der Waals surface area contributed by atoms with E-state index < -0.39 is 23.3 Å². The summed E-state index contributed by atoms with van der Waals surface area (Å²) in [5, 5.41) is -0.0436. The Balaban J connectivity index is 1.61. The summed E-state index contributed by atoms with van der Waals surface area (Å²) in [6, 6.07) is 7.82. The number of benzene rings is 2. The standard InChI is InChI=1S/C24H21ClFNO5/c1-13(28)27-9-7-24(8-10-27)12-18(29)15-5-6-19-21(23(15)32-24)16(11-20(30)31-19)14-3-2-4-17(25)22(14)26/h2-6,16H,7-12H2,1H3/t16-/m1/s1. The lowest BCUT2D eigenvalue weighted by molar-refractivity contribution is -0.135. The van der Waals surface area contributed by atoms with Crippen molar-refractivity contribution in [3.05, 3.63) is 57.9 Å². The van der Waals surface area contributed by atoms with E-state index in [0.717, 1.165) is 0 Å². The zero-order chi connectivity index (χ0) is 22.6. The molecule has 0 saturated carbocycles. The number of fused-ring (bicyclic) bond motifs is 3. The summed E-state index contributed by atoms with van der Waals surface area (Å²) in [4.78, 5) is 38.9. The van der Waals surface area contributed by atoms with Crippen LogP contribution < -0.4 is 9.47 Å². The minimum absolute atomic E-state index is 0.0110. The summed E-state index contributed by atoms with van der Waals surface area (Å²) in [5.41, 5.74) is 0.397. The van der Waals surface area contributed by atoms with Crippen molar-refractivity contribution in [2.75, 3.05) is 13.1 Å². The van der Waals surface area contributed by atoms with E-state index in [0.29, 0.717) is 42.8 Å². The summed E-state index contributed by atoms with van der Waals surface area (Å²) < 4.78 is 26.9. The first kappa shape index (κ1) is 20.9. The molecule has 2 aromatic carbocycles. The molecule has 5 rings (SSSR count). The smallest absolute Gasteiger partial charge is 0.312 e. The third-order valence-corrected chi connectivity index (χ3v) is 6.97. The SMILES string of the molecule is CC(=O)N1CCC2(CC1)CC(=O)c1ccc3c(c1O2)[C@@H](c1cccc(Cl)c1F)CC(=O)O3. The van der Waals surface area contributed by atoms with Crippen LogP contribution in [0.4, 0.5) is 4.39 Å². The average Bonchev–Trinajstić information content (AvgIpc) is 2.75. The highest BCUT2D eigenvalue weighted by Crippen LogP contribution is 2.51. The predicted octanol–water partition coefficient (Wildman–Crippen LogP) is 4.27. The first-order valence-corrected chi connectivity index (χ1v) is 10.9. The van der Waals surface area contributed by atoms with E-state index in [1.807, 2.05) is 0 Å². The summed E-state index contributed by atoms with van der Waals surface area (Å²) in [6.45, 7) is 2.51. The number of piperidine rings is 1. The molecule has 2 aromatic rings. The molecule has 3 heterocycles. The molecule has 1 saturated heterocycles. The number of halogens is 2. The average molecular weight is 458 g/mol. The second-order valence-electron chi connectivity index (χ2n) is 8.62. The first-order valence-electron chi connectivity index (χ1n) is 10.6. The third-order valence-electron chi connectivity index (χ3n) is 6.68. The van der Waals surface area contributed by atoms with Gasteiger partial charge in [0.1, 0.15) is 22.9 Å². The quantitative estimate of drug-likeness (QED) is 0.472. The molecule has 6 nitrogen and oxygen atoms in total. The van der Waals surface area contributed by atoms with Gasteiger partial charge < -0.3 is 14.4 Å². The maximum Gasteiger partial charge on any atom is 0.312 e. The van der Waals surface area contributed by atoms with Crippen molar-refractivity contribution < 1.29 is 28.2 Å². The fraction of sp³-hybridized carbons (Fsp3) is 0.375. The van der Waals surface area contributed by atoms with E-state index in [-0.39, 0.29) is 40.9 Å². The van der Waals surface area contributed by atoms with E-state index in [2.05, 4.69) is 0 Å². The summed E-state index contributed by atoms with van der Waals surface area (Å²) in [7, 11) is 0. The number of esters is 1. The molecule has 0 aliphatic carbocycles. The number of nitrogens with zero attached hydrogens (tertiary/aromatic N) is 1. The van der Waals surface area contributed by atoms with Gasteiger partial charge >= 0.3 is 5.97 Å². The Labute approximate surface area is 189 Å². The van der Waals surface area contributed by atoms with Crippen molar-refractivity contribution in [1.29, 1.82) is 0 Å². The van der Waals surface area contributed by atoms with E-state index in [1.165, 1.54) is 13.0 Å². The van der Waals surface area contributed by atoms with Crippen molar-refractivity contribution in [3.8, 4) is 11.5 Å². The Morgan fingerprint density at radius 2 is 1.94 bits per heavy atom. The number of hydrogen-bond donors (Lipinski definition) is 0. The lowest BCUT2D eigenvalue weighted by atomic mass is 9.79. The maximum absolute atomic E-state index is 15.0. The number of carbonyl (C=O) groups is 3. The Hall–Kier alpha value is -2.93. The van der Waals surface area contributed by atoms with Gasteiger partial charge in [-0.25, -0.2) is 4.39 Å². The van der Waals surface area contributed by atoms with Crippen molar-refractivity contribution in [2.45, 2.75) is 44.1 Å². The zero-order valence-electron chi connectivity index (χ0n) is 17.5. The van der Waals surface area contributed by atoms with Gasteiger partial charge in [0, 0.05) is 44.3 Å². The second kappa shape index (κ2) is 7.59. The van der Waals surface area contributed by atoms with Crippen LogP contribution in [0, 0.1) is 5.82 Å². The molecule has 0 unspecified atom stereocenters. The number of likely N-dealkylation sites (tertiary alicyclic amines) is 1. The van der Waals surface area contributed by atoms with Gasteiger partial charge in [-0.05, 0) is 23.8 Å². The van der Waals surface area contributed by atoms with Crippen LogP contribution in [0.25, 0.3) is 0 Å². The molecule has 0 N–H and O–H groups in total. The van der Waals surface area contributed by atoms with Gasteiger partial charge in [0.25, 0.3) is 0 Å². The molecule has 3 aliphatic heterocycles. The normalized spacial score (nSPS) is 21.5. The molecule has 1 fully saturated rings. The van der Waals surface area contributed by atoms with Crippen LogP contribution in [0.3, 0.4) is 0 Å². The Kier molecular flexibility index (Phi) is 4.97. The molecular weight excluding hydrogens is 437 g/mol. The fourth-order valence-corrected chi connectivity index (χ4v) is 5.15.